The van der Waals surface area contributed by atoms with E-state index in [-0.39, 0.29) is 0 Å². The third-order valence-corrected chi connectivity index (χ3v) is 3.21. The minimum atomic E-state index is -0.430. The van der Waals surface area contributed by atoms with E-state index in [1.54, 1.807) is 6.07 Å². The second-order valence-corrected chi connectivity index (χ2v) is 4.35. The normalized spacial score (nSPS) is 10.8. The van der Waals surface area contributed by atoms with Crippen LogP contribution in [0.25, 0.3) is 17.0 Å². The Morgan fingerprint density at radius 1 is 1.30 bits per heavy atom. The fourth-order valence-corrected chi connectivity index (χ4v) is 2.14. The third kappa shape index (κ3) is 2.72. The number of nitrogens with zero attached hydrogens (tertiary/aromatic N) is 2. The van der Waals surface area contributed by atoms with Crippen LogP contribution in [0.2, 0.25) is 0 Å². The van der Waals surface area contributed by atoms with E-state index in [9.17, 15) is 4.79 Å². The van der Waals surface area contributed by atoms with Gasteiger partial charge in [-0.3, -0.25) is 0 Å². The molecule has 4 nitrogen and oxygen atoms in total. The van der Waals surface area contributed by atoms with Crippen LogP contribution in [-0.2, 0) is 0 Å². The summed E-state index contributed by atoms with van der Waals surface area (Å²) >= 11 is 0. The van der Waals surface area contributed by atoms with Gasteiger partial charge in [-0.25, -0.2) is 4.79 Å². The molecule has 0 unspecified atom stereocenters. The second-order valence-electron chi connectivity index (χ2n) is 4.35. The highest BCUT2D eigenvalue weighted by atomic mass is 16.4. The molecule has 0 saturated carbocycles. The van der Waals surface area contributed by atoms with Crippen LogP contribution < -0.4 is 10.5 Å². The van der Waals surface area contributed by atoms with E-state index in [4.69, 9.17) is 9.68 Å². The minimum Gasteiger partial charge on any atom is -0.422 e. The minimum absolute atomic E-state index is 0.384. The monoisotopic (exact) mass is 268 g/mol. The van der Waals surface area contributed by atoms with Crippen molar-refractivity contribution < 1.29 is 4.42 Å². The molecule has 0 bridgehead atoms. The van der Waals surface area contributed by atoms with Crippen molar-refractivity contribution in [2.45, 2.75) is 13.8 Å². The molecule has 0 radical (unpaired) electrons. The van der Waals surface area contributed by atoms with E-state index in [1.165, 1.54) is 12.2 Å². The Balaban J connectivity index is 2.53. The predicted octanol–water partition coefficient (Wildman–Crippen LogP) is 3.18. The van der Waals surface area contributed by atoms with Crippen molar-refractivity contribution in [2.75, 3.05) is 18.0 Å². The number of hydrogen-bond donors (Lipinski definition) is 0. The first kappa shape index (κ1) is 13.9. The van der Waals surface area contributed by atoms with E-state index in [1.807, 2.05) is 24.3 Å². The Hall–Kier alpha value is -2.54. The van der Waals surface area contributed by atoms with E-state index in [0.29, 0.717) is 11.1 Å². The number of nitriles is 1. The van der Waals surface area contributed by atoms with E-state index in [2.05, 4.69) is 18.7 Å². The van der Waals surface area contributed by atoms with Crippen LogP contribution in [0.3, 0.4) is 0 Å². The zero-order valence-electron chi connectivity index (χ0n) is 11.6. The fraction of sp³-hybridized carbons (Fsp3) is 0.250. The van der Waals surface area contributed by atoms with E-state index in [0.717, 1.165) is 24.2 Å². The Kier molecular flexibility index (Phi) is 4.21. The summed E-state index contributed by atoms with van der Waals surface area (Å²) in [6.07, 6.45) is 2.73. The Morgan fingerprint density at radius 2 is 2.05 bits per heavy atom. The maximum Gasteiger partial charge on any atom is 0.343 e. The molecule has 4 heteroatoms. The smallest absolute Gasteiger partial charge is 0.343 e. The molecular formula is C16H16N2O2. The van der Waals surface area contributed by atoms with Gasteiger partial charge in [0.05, 0.1) is 11.6 Å². The van der Waals surface area contributed by atoms with Crippen LogP contribution in [0.15, 0.2) is 39.6 Å². The fourth-order valence-electron chi connectivity index (χ4n) is 2.14. The molecular weight excluding hydrogens is 252 g/mol. The molecule has 20 heavy (non-hydrogen) atoms. The van der Waals surface area contributed by atoms with Gasteiger partial charge < -0.3 is 9.32 Å². The Labute approximate surface area is 117 Å². The Morgan fingerprint density at radius 3 is 2.70 bits per heavy atom. The molecule has 0 aliphatic rings. The lowest BCUT2D eigenvalue weighted by Gasteiger charge is -2.20. The summed E-state index contributed by atoms with van der Waals surface area (Å²) in [5.74, 6) is 0. The van der Waals surface area contributed by atoms with Crippen molar-refractivity contribution >= 4 is 22.7 Å². The maximum atomic E-state index is 11.8. The van der Waals surface area contributed by atoms with Crippen LogP contribution >= 0.6 is 0 Å². The molecule has 0 N–H and O–H groups in total. The van der Waals surface area contributed by atoms with Gasteiger partial charge in [-0.15, -0.1) is 0 Å². The molecule has 2 rings (SSSR count). The first-order chi connectivity index (χ1) is 9.69. The number of rotatable bonds is 4. The quantitative estimate of drug-likeness (QED) is 0.631. The van der Waals surface area contributed by atoms with Gasteiger partial charge in [0.2, 0.25) is 0 Å². The van der Waals surface area contributed by atoms with Gasteiger partial charge in [-0.2, -0.15) is 5.26 Å². The van der Waals surface area contributed by atoms with Gasteiger partial charge in [-0.05, 0) is 38.1 Å². The van der Waals surface area contributed by atoms with E-state index < -0.39 is 5.63 Å². The first-order valence-electron chi connectivity index (χ1n) is 6.58. The van der Waals surface area contributed by atoms with Crippen molar-refractivity contribution in [3.8, 4) is 6.07 Å². The van der Waals surface area contributed by atoms with Gasteiger partial charge in [-0.1, -0.05) is 0 Å². The Bertz CT molecular complexity index is 734. The summed E-state index contributed by atoms with van der Waals surface area (Å²) in [4.78, 5) is 14.0. The summed E-state index contributed by atoms with van der Waals surface area (Å²) in [7, 11) is 0. The van der Waals surface area contributed by atoms with Crippen LogP contribution in [0.4, 0.5) is 5.69 Å². The van der Waals surface area contributed by atoms with E-state index >= 15 is 0 Å². The number of benzene rings is 1. The zero-order valence-corrected chi connectivity index (χ0v) is 11.6. The summed E-state index contributed by atoms with van der Waals surface area (Å²) < 4.78 is 5.33. The lowest BCUT2D eigenvalue weighted by molar-refractivity contribution is 0.559. The summed E-state index contributed by atoms with van der Waals surface area (Å²) in [5, 5.41) is 9.35. The highest BCUT2D eigenvalue weighted by Crippen LogP contribution is 2.22. The number of fused-ring (bicyclic) bond motifs is 1. The van der Waals surface area contributed by atoms with Crippen molar-refractivity contribution in [3.05, 3.63) is 46.3 Å². The highest BCUT2D eigenvalue weighted by Gasteiger charge is 2.06. The summed E-state index contributed by atoms with van der Waals surface area (Å²) in [6, 6.07) is 9.41. The molecule has 1 heterocycles. The van der Waals surface area contributed by atoms with Gasteiger partial charge in [0.1, 0.15) is 5.58 Å². The maximum absolute atomic E-state index is 11.8. The van der Waals surface area contributed by atoms with Crippen molar-refractivity contribution in [2.24, 2.45) is 0 Å². The number of allylic oxidation sites excluding steroid dienone is 1. The zero-order chi connectivity index (χ0) is 14.5. The molecule has 0 saturated heterocycles. The standard InChI is InChI=1S/C16H16N2O2/c1-3-18(4-2)14-8-7-12-10-13(6-5-9-17)16(19)20-15(12)11-14/h5-8,10-11H,3-4H2,1-2H3/b6-5+. The molecule has 2 aromatic rings. The van der Waals surface area contributed by atoms with Crippen LogP contribution in [-0.4, -0.2) is 13.1 Å². The van der Waals surface area contributed by atoms with Crippen LogP contribution in [0.5, 0.6) is 0 Å². The van der Waals surface area contributed by atoms with Crippen molar-refractivity contribution in [1.29, 1.82) is 5.26 Å². The van der Waals surface area contributed by atoms with Crippen LogP contribution in [0.1, 0.15) is 19.4 Å². The predicted molar refractivity (Wildman–Crippen MR) is 80.7 cm³/mol. The molecule has 0 spiro atoms. The number of hydrogen-bond acceptors (Lipinski definition) is 4. The molecule has 1 aromatic heterocycles. The number of anilines is 1. The molecule has 1 aromatic carbocycles. The molecule has 0 fully saturated rings. The topological polar surface area (TPSA) is 57.2 Å². The summed E-state index contributed by atoms with van der Waals surface area (Å²) in [5.41, 5.74) is 1.55. The average Bonchev–Trinajstić information content (AvgIpc) is 2.46. The summed E-state index contributed by atoms with van der Waals surface area (Å²) in [6.45, 7) is 5.96. The van der Waals surface area contributed by atoms with Crippen molar-refractivity contribution in [3.63, 3.8) is 0 Å². The SMILES string of the molecule is CCN(CC)c1ccc2cc(/C=C/C#N)c(=O)oc2c1. The second kappa shape index (κ2) is 6.07. The van der Waals surface area contributed by atoms with Gasteiger partial charge in [0.25, 0.3) is 0 Å². The van der Waals surface area contributed by atoms with Gasteiger partial charge in [0, 0.05) is 36.3 Å². The largest absolute Gasteiger partial charge is 0.422 e. The highest BCUT2D eigenvalue weighted by molar-refractivity contribution is 5.82. The lowest BCUT2D eigenvalue weighted by Crippen LogP contribution is -2.21. The van der Waals surface area contributed by atoms with Crippen molar-refractivity contribution in [1.82, 2.24) is 0 Å². The van der Waals surface area contributed by atoms with Gasteiger partial charge >= 0.3 is 5.63 Å². The van der Waals surface area contributed by atoms with Crippen LogP contribution in [0, 0.1) is 11.3 Å². The lowest BCUT2D eigenvalue weighted by atomic mass is 10.1. The molecule has 0 aliphatic heterocycles. The molecule has 0 atom stereocenters. The molecule has 0 aliphatic carbocycles. The first-order valence-corrected chi connectivity index (χ1v) is 6.58. The molecule has 102 valence electrons. The average molecular weight is 268 g/mol. The molecule has 0 amide bonds. The third-order valence-electron chi connectivity index (χ3n) is 3.21. The van der Waals surface area contributed by atoms with Gasteiger partial charge in [0.15, 0.2) is 0 Å².